The van der Waals surface area contributed by atoms with Crippen molar-refractivity contribution < 1.29 is 9.53 Å². The van der Waals surface area contributed by atoms with Gasteiger partial charge in [0.15, 0.2) is 0 Å². The van der Waals surface area contributed by atoms with Crippen LogP contribution in [0.3, 0.4) is 0 Å². The van der Waals surface area contributed by atoms with Gasteiger partial charge in [-0.1, -0.05) is 43.7 Å². The summed E-state index contributed by atoms with van der Waals surface area (Å²) in [5, 5.41) is 1.71. The number of esters is 1. The van der Waals surface area contributed by atoms with Gasteiger partial charge in [-0.15, -0.1) is 0 Å². The zero-order valence-corrected chi connectivity index (χ0v) is 18.6. The van der Waals surface area contributed by atoms with Gasteiger partial charge in [0, 0.05) is 17.4 Å². The molecule has 0 saturated carbocycles. The number of nitrogens with zero attached hydrogens (tertiary/aromatic N) is 1. The fourth-order valence-corrected chi connectivity index (χ4v) is 4.78. The third-order valence-electron chi connectivity index (χ3n) is 5.57. The van der Waals surface area contributed by atoms with Gasteiger partial charge in [-0.2, -0.15) is 0 Å². The SMILES string of the molecule is CCOC(=O)c1cc2cc(S(C)(C)C(C)C)ccc2n1Cc1cccc(C)c1. The number of benzene rings is 2. The number of hydrogen-bond acceptors (Lipinski definition) is 2. The Morgan fingerprint density at radius 3 is 2.50 bits per heavy atom. The van der Waals surface area contributed by atoms with Gasteiger partial charge in [-0.25, -0.2) is 14.8 Å². The fourth-order valence-electron chi connectivity index (χ4n) is 3.39. The molecule has 3 nitrogen and oxygen atoms in total. The topological polar surface area (TPSA) is 31.2 Å². The molecule has 0 aliphatic rings. The molecule has 0 bridgehead atoms. The second-order valence-corrected chi connectivity index (χ2v) is 12.2. The maximum atomic E-state index is 12.6. The monoisotopic (exact) mass is 397 g/mol. The molecule has 0 fully saturated rings. The molecule has 2 aromatic carbocycles. The van der Waals surface area contributed by atoms with E-state index in [1.54, 1.807) is 0 Å². The van der Waals surface area contributed by atoms with E-state index >= 15 is 0 Å². The summed E-state index contributed by atoms with van der Waals surface area (Å²) in [6, 6.07) is 17.1. The largest absolute Gasteiger partial charge is 0.461 e. The summed E-state index contributed by atoms with van der Waals surface area (Å²) in [6.45, 7) is 9.53. The highest BCUT2D eigenvalue weighted by molar-refractivity contribution is 8.33. The Bertz CT molecular complexity index is 1000. The molecular formula is C24H31NO2S. The Kier molecular flexibility index (Phi) is 5.90. The van der Waals surface area contributed by atoms with Crippen LogP contribution in [0.2, 0.25) is 0 Å². The average Bonchev–Trinajstić information content (AvgIpc) is 2.99. The highest BCUT2D eigenvalue weighted by Gasteiger charge is 2.22. The minimum absolute atomic E-state index is 0.261. The number of ether oxygens (including phenoxy) is 1. The first-order valence-electron chi connectivity index (χ1n) is 9.82. The van der Waals surface area contributed by atoms with Crippen molar-refractivity contribution in [1.82, 2.24) is 4.57 Å². The molecule has 0 spiro atoms. The van der Waals surface area contributed by atoms with Gasteiger partial charge in [-0.05, 0) is 66.3 Å². The van der Waals surface area contributed by atoms with E-state index in [-0.39, 0.29) is 5.97 Å². The predicted octanol–water partition coefficient (Wildman–Crippen LogP) is 6.01. The molecule has 0 N–H and O–H groups in total. The number of carbonyl (C=O) groups is 1. The Labute approximate surface area is 170 Å². The van der Waals surface area contributed by atoms with Gasteiger partial charge < -0.3 is 9.30 Å². The average molecular weight is 398 g/mol. The van der Waals surface area contributed by atoms with Crippen molar-refractivity contribution in [3.63, 3.8) is 0 Å². The van der Waals surface area contributed by atoms with Crippen LogP contribution in [0.1, 0.15) is 42.4 Å². The van der Waals surface area contributed by atoms with Gasteiger partial charge in [0.1, 0.15) is 5.69 Å². The van der Waals surface area contributed by atoms with Crippen molar-refractivity contribution in [2.45, 2.75) is 44.4 Å². The molecule has 0 radical (unpaired) electrons. The highest BCUT2D eigenvalue weighted by Crippen LogP contribution is 2.53. The zero-order chi connectivity index (χ0) is 20.5. The maximum absolute atomic E-state index is 12.6. The van der Waals surface area contributed by atoms with Crippen LogP contribution in [0, 0.1) is 6.92 Å². The molecule has 1 aromatic heterocycles. The Balaban J connectivity index is 2.13. The second-order valence-electron chi connectivity index (χ2n) is 8.00. The molecule has 3 rings (SSSR count). The third-order valence-corrected chi connectivity index (χ3v) is 9.39. The van der Waals surface area contributed by atoms with Crippen LogP contribution in [0.25, 0.3) is 10.9 Å². The second kappa shape index (κ2) is 8.04. The standard InChI is InChI=1S/C24H31NO2S/c1-7-27-24(26)23-15-20-14-21(28(5,6)17(2)3)11-12-22(20)25(23)16-19-10-8-9-18(4)13-19/h8-15,17H,7,16H2,1-6H3. The van der Waals surface area contributed by atoms with Crippen LogP contribution < -0.4 is 0 Å². The summed E-state index contributed by atoms with van der Waals surface area (Å²) in [4.78, 5) is 14.0. The van der Waals surface area contributed by atoms with E-state index in [9.17, 15) is 4.79 Å². The number of hydrogen-bond donors (Lipinski definition) is 0. The fraction of sp³-hybridized carbons (Fsp3) is 0.375. The number of rotatable bonds is 6. The Hall–Kier alpha value is -2.20. The minimum Gasteiger partial charge on any atom is -0.461 e. The van der Waals surface area contributed by atoms with Crippen molar-refractivity contribution in [2.75, 3.05) is 19.1 Å². The predicted molar refractivity (Wildman–Crippen MR) is 121 cm³/mol. The smallest absolute Gasteiger partial charge is 0.354 e. The first-order chi connectivity index (χ1) is 13.2. The number of aromatic nitrogens is 1. The first kappa shape index (κ1) is 20.5. The van der Waals surface area contributed by atoms with E-state index in [2.05, 4.69) is 80.3 Å². The summed E-state index contributed by atoms with van der Waals surface area (Å²) in [6.07, 6.45) is 4.71. The summed E-state index contributed by atoms with van der Waals surface area (Å²) in [5.74, 6) is -0.261. The maximum Gasteiger partial charge on any atom is 0.354 e. The zero-order valence-electron chi connectivity index (χ0n) is 17.8. The summed E-state index contributed by atoms with van der Waals surface area (Å²) in [7, 11) is -0.892. The molecule has 0 aliphatic carbocycles. The third kappa shape index (κ3) is 3.97. The Morgan fingerprint density at radius 1 is 1.11 bits per heavy atom. The quantitative estimate of drug-likeness (QED) is 0.477. The summed E-state index contributed by atoms with van der Waals surface area (Å²) >= 11 is 0. The van der Waals surface area contributed by atoms with Crippen LogP contribution in [0.5, 0.6) is 0 Å². The van der Waals surface area contributed by atoms with Crippen molar-refractivity contribution in [2.24, 2.45) is 0 Å². The number of fused-ring (bicyclic) bond motifs is 1. The van der Waals surface area contributed by atoms with Gasteiger partial charge in [0.05, 0.1) is 6.61 Å². The lowest BCUT2D eigenvalue weighted by molar-refractivity contribution is 0.0515. The van der Waals surface area contributed by atoms with Crippen LogP contribution >= 0.6 is 10.0 Å². The van der Waals surface area contributed by atoms with Gasteiger partial charge in [-0.3, -0.25) is 0 Å². The highest BCUT2D eigenvalue weighted by atomic mass is 32.3. The van der Waals surface area contributed by atoms with E-state index in [0.29, 0.717) is 24.1 Å². The van der Waals surface area contributed by atoms with Gasteiger partial charge >= 0.3 is 5.97 Å². The normalized spacial score (nSPS) is 12.5. The molecular weight excluding hydrogens is 366 g/mol. The van der Waals surface area contributed by atoms with Gasteiger partial charge in [0.2, 0.25) is 0 Å². The summed E-state index contributed by atoms with van der Waals surface area (Å²) in [5.41, 5.74) is 4.09. The van der Waals surface area contributed by atoms with Crippen LogP contribution in [0.15, 0.2) is 53.4 Å². The van der Waals surface area contributed by atoms with Crippen molar-refractivity contribution in [3.8, 4) is 0 Å². The van der Waals surface area contributed by atoms with E-state index in [1.807, 2.05) is 13.0 Å². The molecule has 4 heteroatoms. The molecule has 150 valence electrons. The first-order valence-corrected chi connectivity index (χ1v) is 12.3. The van der Waals surface area contributed by atoms with Crippen LogP contribution in [0.4, 0.5) is 0 Å². The van der Waals surface area contributed by atoms with Gasteiger partial charge in [0.25, 0.3) is 0 Å². The molecule has 0 atom stereocenters. The lowest BCUT2D eigenvalue weighted by Crippen LogP contribution is -2.13. The van der Waals surface area contributed by atoms with Crippen molar-refractivity contribution >= 4 is 26.9 Å². The lowest BCUT2D eigenvalue weighted by Gasteiger charge is -2.36. The van der Waals surface area contributed by atoms with E-state index in [4.69, 9.17) is 4.74 Å². The molecule has 0 amide bonds. The van der Waals surface area contributed by atoms with Crippen LogP contribution in [-0.2, 0) is 11.3 Å². The molecule has 0 saturated heterocycles. The van der Waals surface area contributed by atoms with Crippen molar-refractivity contribution in [3.05, 3.63) is 65.4 Å². The number of carbonyl (C=O) groups excluding carboxylic acids is 1. The molecule has 28 heavy (non-hydrogen) atoms. The number of aryl methyl sites for hydroxylation is 1. The molecule has 0 unspecified atom stereocenters. The van der Waals surface area contributed by atoms with E-state index in [0.717, 1.165) is 10.9 Å². The van der Waals surface area contributed by atoms with Crippen LogP contribution in [-0.4, -0.2) is 34.9 Å². The lowest BCUT2D eigenvalue weighted by atomic mass is 10.1. The minimum atomic E-state index is -0.892. The molecule has 1 heterocycles. The van der Waals surface area contributed by atoms with Crippen molar-refractivity contribution in [1.29, 1.82) is 0 Å². The molecule has 0 aliphatic heterocycles. The summed E-state index contributed by atoms with van der Waals surface area (Å²) < 4.78 is 7.43. The van der Waals surface area contributed by atoms with E-state index < -0.39 is 10.0 Å². The Morgan fingerprint density at radius 2 is 1.86 bits per heavy atom. The van der Waals surface area contributed by atoms with E-state index in [1.165, 1.54) is 16.0 Å². The molecule has 3 aromatic rings.